The topological polar surface area (TPSA) is 68.3 Å². The van der Waals surface area contributed by atoms with Crippen molar-refractivity contribution in [2.24, 2.45) is 5.73 Å². The molecule has 4 nitrogen and oxygen atoms in total. The van der Waals surface area contributed by atoms with Gasteiger partial charge in [0, 0.05) is 6.54 Å². The van der Waals surface area contributed by atoms with Crippen LogP contribution in [0.5, 0.6) is 11.5 Å². The Morgan fingerprint density at radius 1 is 1.14 bits per heavy atom. The van der Waals surface area contributed by atoms with Crippen molar-refractivity contribution in [2.75, 3.05) is 7.11 Å². The van der Waals surface area contributed by atoms with Crippen molar-refractivity contribution in [3.05, 3.63) is 58.9 Å². The van der Waals surface area contributed by atoms with Crippen LogP contribution in [0.2, 0.25) is 0 Å². The Morgan fingerprint density at radius 2 is 1.90 bits per heavy atom. The molecule has 0 bridgehead atoms. The third kappa shape index (κ3) is 3.50. The minimum absolute atomic E-state index is 0.00143. The third-order valence-electron chi connectivity index (χ3n) is 3.01. The minimum atomic E-state index is -0.536. The molecule has 2 N–H and O–H groups in total. The summed E-state index contributed by atoms with van der Waals surface area (Å²) in [6.45, 7) is 0.632. The van der Waals surface area contributed by atoms with Crippen molar-refractivity contribution < 1.29 is 13.9 Å². The van der Waals surface area contributed by atoms with Crippen molar-refractivity contribution in [2.45, 2.75) is 13.2 Å². The van der Waals surface area contributed by atoms with Gasteiger partial charge in [-0.3, -0.25) is 0 Å². The Hall–Kier alpha value is -2.58. The van der Waals surface area contributed by atoms with E-state index in [2.05, 4.69) is 0 Å². The first-order chi connectivity index (χ1) is 10.2. The normalized spacial score (nSPS) is 10.0. The van der Waals surface area contributed by atoms with E-state index in [1.165, 1.54) is 12.1 Å². The zero-order chi connectivity index (χ0) is 15.2. The first-order valence-electron chi connectivity index (χ1n) is 6.36. The van der Waals surface area contributed by atoms with E-state index >= 15 is 0 Å². The molecule has 0 radical (unpaired) electrons. The van der Waals surface area contributed by atoms with E-state index in [1.54, 1.807) is 31.4 Å². The molecule has 0 aliphatic rings. The first-order valence-corrected chi connectivity index (χ1v) is 6.36. The SMILES string of the molecule is COc1cc(CN)ccc1OCc1ccc(F)c(C#N)c1. The van der Waals surface area contributed by atoms with Gasteiger partial charge in [-0.1, -0.05) is 12.1 Å². The molecule has 108 valence electrons. The van der Waals surface area contributed by atoms with Crippen LogP contribution in [-0.2, 0) is 13.2 Å². The molecule has 0 saturated carbocycles. The Kier molecular flexibility index (Phi) is 4.75. The van der Waals surface area contributed by atoms with E-state index in [1.807, 2.05) is 6.07 Å². The summed E-state index contributed by atoms with van der Waals surface area (Å²) in [7, 11) is 1.55. The maximum absolute atomic E-state index is 13.2. The summed E-state index contributed by atoms with van der Waals surface area (Å²) >= 11 is 0. The molecule has 0 atom stereocenters. The number of methoxy groups -OCH3 is 1. The van der Waals surface area contributed by atoms with Gasteiger partial charge in [0.1, 0.15) is 18.5 Å². The van der Waals surface area contributed by atoms with E-state index < -0.39 is 5.82 Å². The highest BCUT2D eigenvalue weighted by Gasteiger charge is 2.07. The van der Waals surface area contributed by atoms with E-state index in [9.17, 15) is 4.39 Å². The van der Waals surface area contributed by atoms with Crippen LogP contribution in [0, 0.1) is 17.1 Å². The van der Waals surface area contributed by atoms with Gasteiger partial charge < -0.3 is 15.2 Å². The number of rotatable bonds is 5. The third-order valence-corrected chi connectivity index (χ3v) is 3.01. The lowest BCUT2D eigenvalue weighted by Gasteiger charge is -2.12. The van der Waals surface area contributed by atoms with Gasteiger partial charge in [-0.15, -0.1) is 0 Å². The summed E-state index contributed by atoms with van der Waals surface area (Å²) < 4.78 is 24.1. The molecule has 0 fully saturated rings. The highest BCUT2D eigenvalue weighted by Crippen LogP contribution is 2.28. The number of nitriles is 1. The van der Waals surface area contributed by atoms with Crippen LogP contribution >= 0.6 is 0 Å². The van der Waals surface area contributed by atoms with Gasteiger partial charge in [-0.2, -0.15) is 5.26 Å². The van der Waals surface area contributed by atoms with Crippen LogP contribution in [-0.4, -0.2) is 7.11 Å². The molecule has 2 rings (SSSR count). The van der Waals surface area contributed by atoms with Crippen LogP contribution < -0.4 is 15.2 Å². The lowest BCUT2D eigenvalue weighted by molar-refractivity contribution is 0.284. The number of nitrogens with zero attached hydrogens (tertiary/aromatic N) is 1. The number of benzene rings is 2. The molecule has 0 heterocycles. The maximum Gasteiger partial charge on any atom is 0.161 e. The molecule has 21 heavy (non-hydrogen) atoms. The van der Waals surface area contributed by atoms with Crippen molar-refractivity contribution in [1.82, 2.24) is 0 Å². The van der Waals surface area contributed by atoms with Crippen molar-refractivity contribution in [3.8, 4) is 17.6 Å². The van der Waals surface area contributed by atoms with Crippen molar-refractivity contribution >= 4 is 0 Å². The van der Waals surface area contributed by atoms with Crippen LogP contribution in [0.3, 0.4) is 0 Å². The monoisotopic (exact) mass is 286 g/mol. The van der Waals surface area contributed by atoms with Gasteiger partial charge in [0.25, 0.3) is 0 Å². The molecule has 2 aromatic rings. The predicted molar refractivity (Wildman–Crippen MR) is 76.3 cm³/mol. The van der Waals surface area contributed by atoms with Crippen LogP contribution in [0.25, 0.3) is 0 Å². The van der Waals surface area contributed by atoms with Gasteiger partial charge in [0.05, 0.1) is 12.7 Å². The van der Waals surface area contributed by atoms with Crippen molar-refractivity contribution in [3.63, 3.8) is 0 Å². The fourth-order valence-electron chi connectivity index (χ4n) is 1.87. The second kappa shape index (κ2) is 6.73. The zero-order valence-corrected chi connectivity index (χ0v) is 11.6. The summed E-state index contributed by atoms with van der Waals surface area (Å²) in [5.41, 5.74) is 7.22. The van der Waals surface area contributed by atoms with E-state index in [-0.39, 0.29) is 12.2 Å². The molecule has 2 aromatic carbocycles. The second-order valence-corrected chi connectivity index (χ2v) is 4.40. The Balaban J connectivity index is 2.15. The van der Waals surface area contributed by atoms with Crippen molar-refractivity contribution in [1.29, 1.82) is 5.26 Å². The molecular formula is C16H15FN2O2. The Labute approximate surface area is 122 Å². The van der Waals surface area contributed by atoms with Gasteiger partial charge >= 0.3 is 0 Å². The van der Waals surface area contributed by atoms with E-state index in [4.69, 9.17) is 20.5 Å². The van der Waals surface area contributed by atoms with E-state index in [0.717, 1.165) is 5.56 Å². The molecule has 0 aliphatic carbocycles. The molecular weight excluding hydrogens is 271 g/mol. The largest absolute Gasteiger partial charge is 0.493 e. The predicted octanol–water partition coefficient (Wildman–Crippen LogP) is 2.74. The van der Waals surface area contributed by atoms with E-state index in [0.29, 0.717) is 23.6 Å². The molecule has 0 aromatic heterocycles. The summed E-state index contributed by atoms with van der Waals surface area (Å²) in [4.78, 5) is 0. The lowest BCUT2D eigenvalue weighted by Crippen LogP contribution is -2.01. The van der Waals surface area contributed by atoms with Gasteiger partial charge in [-0.05, 0) is 35.4 Å². The highest BCUT2D eigenvalue weighted by atomic mass is 19.1. The number of hydrogen-bond donors (Lipinski definition) is 1. The summed E-state index contributed by atoms with van der Waals surface area (Å²) in [6, 6.07) is 11.5. The van der Waals surface area contributed by atoms with Gasteiger partial charge in [0.15, 0.2) is 11.5 Å². The molecule has 5 heteroatoms. The molecule has 0 amide bonds. The maximum atomic E-state index is 13.2. The number of hydrogen-bond acceptors (Lipinski definition) is 4. The average molecular weight is 286 g/mol. The summed E-state index contributed by atoms with van der Waals surface area (Å²) in [5.74, 6) is 0.615. The lowest BCUT2D eigenvalue weighted by atomic mass is 10.1. The summed E-state index contributed by atoms with van der Waals surface area (Å²) in [6.07, 6.45) is 0. The average Bonchev–Trinajstić information content (AvgIpc) is 2.53. The van der Waals surface area contributed by atoms with Crippen LogP contribution in [0.4, 0.5) is 4.39 Å². The number of nitrogens with two attached hydrogens (primary N) is 1. The van der Waals surface area contributed by atoms with Crippen LogP contribution in [0.1, 0.15) is 16.7 Å². The Morgan fingerprint density at radius 3 is 2.57 bits per heavy atom. The second-order valence-electron chi connectivity index (χ2n) is 4.40. The number of ether oxygens (including phenoxy) is 2. The molecule has 0 unspecified atom stereocenters. The smallest absolute Gasteiger partial charge is 0.161 e. The molecule has 0 saturated heterocycles. The standard InChI is InChI=1S/C16H15FN2O2/c1-20-16-7-11(8-18)3-5-15(16)21-10-12-2-4-14(17)13(6-12)9-19/h2-7H,8,10,18H2,1H3. The summed E-state index contributed by atoms with van der Waals surface area (Å²) in [5, 5.41) is 8.81. The minimum Gasteiger partial charge on any atom is -0.493 e. The molecule has 0 aliphatic heterocycles. The van der Waals surface area contributed by atoms with Crippen LogP contribution in [0.15, 0.2) is 36.4 Å². The molecule has 0 spiro atoms. The fraction of sp³-hybridized carbons (Fsp3) is 0.188. The number of halogens is 1. The quantitative estimate of drug-likeness (QED) is 0.917. The first kappa shape index (κ1) is 14.8. The zero-order valence-electron chi connectivity index (χ0n) is 11.6. The van der Waals surface area contributed by atoms with Gasteiger partial charge in [0.2, 0.25) is 0 Å². The Bertz CT molecular complexity index is 680. The highest BCUT2D eigenvalue weighted by molar-refractivity contribution is 5.43. The van der Waals surface area contributed by atoms with Gasteiger partial charge in [-0.25, -0.2) is 4.39 Å². The fourth-order valence-corrected chi connectivity index (χ4v) is 1.87.